The normalized spacial score (nSPS) is 30.2. The summed E-state index contributed by atoms with van der Waals surface area (Å²) in [5.41, 5.74) is 0. The third-order valence-electron chi connectivity index (χ3n) is 2.54. The number of fused-ring (bicyclic) bond motifs is 1. The van der Waals surface area contributed by atoms with Gasteiger partial charge in [-0.25, -0.2) is 4.79 Å². The van der Waals surface area contributed by atoms with Crippen molar-refractivity contribution in [3.05, 3.63) is 24.3 Å². The van der Waals surface area contributed by atoms with Crippen LogP contribution in [0.3, 0.4) is 0 Å². The van der Waals surface area contributed by atoms with Crippen LogP contribution in [-0.4, -0.2) is 29.4 Å². The van der Waals surface area contributed by atoms with Gasteiger partial charge >= 0.3 is 6.03 Å². The fraction of sp³-hybridized carbons (Fsp3) is 0.400. The van der Waals surface area contributed by atoms with Crippen LogP contribution in [0.2, 0.25) is 0 Å². The number of hydrogen-bond acceptors (Lipinski definition) is 2. The molecule has 74 valence electrons. The minimum atomic E-state index is -0.293. The van der Waals surface area contributed by atoms with Gasteiger partial charge in [0.2, 0.25) is 5.91 Å². The number of nitrogens with zero attached hydrogens (tertiary/aromatic N) is 1. The van der Waals surface area contributed by atoms with Crippen LogP contribution in [0.15, 0.2) is 24.3 Å². The predicted octanol–water partition coefficient (Wildman–Crippen LogP) is 0.669. The number of rotatable bonds is 1. The van der Waals surface area contributed by atoms with Crippen molar-refractivity contribution in [2.75, 3.05) is 6.54 Å². The van der Waals surface area contributed by atoms with Crippen molar-refractivity contribution in [1.29, 1.82) is 0 Å². The minimum absolute atomic E-state index is 0.109. The first-order valence-electron chi connectivity index (χ1n) is 4.71. The summed E-state index contributed by atoms with van der Waals surface area (Å²) in [5.74, 6) is -0.334. The minimum Gasteiger partial charge on any atom is -0.330 e. The van der Waals surface area contributed by atoms with Gasteiger partial charge in [0.1, 0.15) is 0 Å². The maximum absolute atomic E-state index is 11.8. The van der Waals surface area contributed by atoms with E-state index in [4.69, 9.17) is 0 Å². The van der Waals surface area contributed by atoms with E-state index >= 15 is 0 Å². The van der Waals surface area contributed by atoms with E-state index in [0.29, 0.717) is 6.54 Å². The van der Waals surface area contributed by atoms with Gasteiger partial charge in [0.25, 0.3) is 0 Å². The summed E-state index contributed by atoms with van der Waals surface area (Å²) in [7, 11) is 0. The van der Waals surface area contributed by atoms with Crippen molar-refractivity contribution in [3.63, 3.8) is 0 Å². The van der Waals surface area contributed by atoms with Crippen molar-refractivity contribution in [2.45, 2.75) is 13.0 Å². The SMILES string of the molecule is CCN1C(=O)NC2C=CC=CC2C1=O. The summed E-state index contributed by atoms with van der Waals surface area (Å²) in [5, 5.41) is 2.78. The molecule has 0 aromatic heterocycles. The maximum Gasteiger partial charge on any atom is 0.324 e. The van der Waals surface area contributed by atoms with Crippen LogP contribution in [0.4, 0.5) is 4.79 Å². The summed E-state index contributed by atoms with van der Waals surface area (Å²) in [4.78, 5) is 24.4. The lowest BCUT2D eigenvalue weighted by Gasteiger charge is -2.35. The first-order chi connectivity index (χ1) is 6.74. The standard InChI is InChI=1S/C10H12N2O2/c1-2-12-9(13)7-5-3-4-6-8(7)11-10(12)14/h3-8H,2H2,1H3,(H,11,14). The van der Waals surface area contributed by atoms with Crippen molar-refractivity contribution in [3.8, 4) is 0 Å². The Labute approximate surface area is 82.3 Å². The van der Waals surface area contributed by atoms with Crippen molar-refractivity contribution < 1.29 is 9.59 Å². The molecule has 1 saturated heterocycles. The van der Waals surface area contributed by atoms with Crippen LogP contribution < -0.4 is 5.32 Å². The monoisotopic (exact) mass is 192 g/mol. The van der Waals surface area contributed by atoms with Gasteiger partial charge in [-0.15, -0.1) is 0 Å². The lowest BCUT2D eigenvalue weighted by Crippen LogP contribution is -2.59. The van der Waals surface area contributed by atoms with Crippen molar-refractivity contribution in [1.82, 2.24) is 10.2 Å². The topological polar surface area (TPSA) is 49.4 Å². The molecular formula is C10H12N2O2. The number of carbonyl (C=O) groups is 2. The number of carbonyl (C=O) groups excluding carboxylic acids is 2. The quantitative estimate of drug-likeness (QED) is 0.663. The number of urea groups is 1. The van der Waals surface area contributed by atoms with E-state index < -0.39 is 0 Å². The first-order valence-corrected chi connectivity index (χ1v) is 4.71. The van der Waals surface area contributed by atoms with E-state index in [1.165, 1.54) is 4.90 Å². The molecule has 1 aliphatic carbocycles. The van der Waals surface area contributed by atoms with Crippen molar-refractivity contribution >= 4 is 11.9 Å². The van der Waals surface area contributed by atoms with Gasteiger partial charge in [0.15, 0.2) is 0 Å². The van der Waals surface area contributed by atoms with Crippen molar-refractivity contribution in [2.24, 2.45) is 5.92 Å². The van der Waals surface area contributed by atoms with Gasteiger partial charge in [-0.2, -0.15) is 0 Å². The smallest absolute Gasteiger partial charge is 0.324 e. The van der Waals surface area contributed by atoms with Gasteiger partial charge in [-0.3, -0.25) is 9.69 Å². The van der Waals surface area contributed by atoms with Crippen LogP contribution in [0.25, 0.3) is 0 Å². The number of imide groups is 1. The van der Waals surface area contributed by atoms with Crippen LogP contribution in [-0.2, 0) is 4.79 Å². The molecule has 1 N–H and O–H groups in total. The van der Waals surface area contributed by atoms with E-state index in [1.54, 1.807) is 6.92 Å². The van der Waals surface area contributed by atoms with Gasteiger partial charge in [-0.05, 0) is 6.92 Å². The highest BCUT2D eigenvalue weighted by Gasteiger charge is 2.38. The summed E-state index contributed by atoms with van der Waals surface area (Å²) in [6.45, 7) is 2.21. The molecule has 2 aliphatic rings. The summed E-state index contributed by atoms with van der Waals surface area (Å²) in [6.07, 6.45) is 7.35. The molecule has 1 fully saturated rings. The van der Waals surface area contributed by atoms with Crippen LogP contribution in [0, 0.1) is 5.92 Å². The third-order valence-corrected chi connectivity index (χ3v) is 2.54. The molecule has 0 saturated carbocycles. The zero-order chi connectivity index (χ0) is 10.1. The Morgan fingerprint density at radius 3 is 2.79 bits per heavy atom. The Morgan fingerprint density at radius 2 is 2.07 bits per heavy atom. The van der Waals surface area contributed by atoms with Gasteiger partial charge in [-0.1, -0.05) is 24.3 Å². The molecule has 2 atom stereocenters. The average Bonchev–Trinajstić information content (AvgIpc) is 2.18. The molecule has 2 unspecified atom stereocenters. The van der Waals surface area contributed by atoms with E-state index in [1.807, 2.05) is 24.3 Å². The molecule has 0 aromatic carbocycles. The number of hydrogen-bond donors (Lipinski definition) is 1. The average molecular weight is 192 g/mol. The zero-order valence-corrected chi connectivity index (χ0v) is 7.93. The Hall–Kier alpha value is -1.58. The fourth-order valence-corrected chi connectivity index (χ4v) is 1.78. The molecule has 14 heavy (non-hydrogen) atoms. The summed E-state index contributed by atoms with van der Waals surface area (Å²) < 4.78 is 0. The maximum atomic E-state index is 11.8. The molecule has 3 amide bonds. The second-order valence-electron chi connectivity index (χ2n) is 3.35. The molecular weight excluding hydrogens is 180 g/mol. The highest BCUT2D eigenvalue weighted by Crippen LogP contribution is 2.20. The highest BCUT2D eigenvalue weighted by molar-refractivity contribution is 5.99. The number of nitrogens with one attached hydrogen (secondary N) is 1. The fourth-order valence-electron chi connectivity index (χ4n) is 1.78. The second kappa shape index (κ2) is 3.29. The first kappa shape index (κ1) is 8.99. The lowest BCUT2D eigenvalue weighted by molar-refractivity contribution is -0.132. The second-order valence-corrected chi connectivity index (χ2v) is 3.35. The molecule has 1 heterocycles. The molecule has 4 nitrogen and oxygen atoms in total. The van der Waals surface area contributed by atoms with Crippen LogP contribution in [0.1, 0.15) is 6.92 Å². The van der Waals surface area contributed by atoms with E-state index in [0.717, 1.165) is 0 Å². The Balaban J connectivity index is 2.26. The van der Waals surface area contributed by atoms with E-state index in [-0.39, 0.29) is 23.9 Å². The van der Waals surface area contributed by atoms with Crippen LogP contribution >= 0.6 is 0 Å². The molecule has 4 heteroatoms. The van der Waals surface area contributed by atoms with Gasteiger partial charge < -0.3 is 5.32 Å². The molecule has 1 aliphatic heterocycles. The largest absolute Gasteiger partial charge is 0.330 e. The van der Waals surface area contributed by atoms with E-state index in [2.05, 4.69) is 5.32 Å². The molecule has 0 radical (unpaired) electrons. The molecule has 0 spiro atoms. The van der Waals surface area contributed by atoms with Gasteiger partial charge in [0.05, 0.1) is 12.0 Å². The van der Waals surface area contributed by atoms with Crippen LogP contribution in [0.5, 0.6) is 0 Å². The third kappa shape index (κ3) is 1.23. The highest BCUT2D eigenvalue weighted by atomic mass is 16.2. The number of allylic oxidation sites excluding steroid dienone is 2. The predicted molar refractivity (Wildman–Crippen MR) is 51.5 cm³/mol. The Kier molecular flexibility index (Phi) is 2.11. The summed E-state index contributed by atoms with van der Waals surface area (Å²) >= 11 is 0. The Morgan fingerprint density at radius 1 is 1.36 bits per heavy atom. The Bertz CT molecular complexity index is 333. The zero-order valence-electron chi connectivity index (χ0n) is 7.93. The molecule has 2 rings (SSSR count). The summed E-state index contributed by atoms with van der Waals surface area (Å²) in [6, 6.07) is -0.457. The van der Waals surface area contributed by atoms with E-state index in [9.17, 15) is 9.59 Å². The molecule has 0 bridgehead atoms. The molecule has 0 aromatic rings. The number of amides is 3. The van der Waals surface area contributed by atoms with Gasteiger partial charge in [0, 0.05) is 6.54 Å². The lowest BCUT2D eigenvalue weighted by atomic mass is 9.92.